The Kier molecular flexibility index (Phi) is 2.17. The van der Waals surface area contributed by atoms with E-state index in [1.54, 1.807) is 12.3 Å². The van der Waals surface area contributed by atoms with E-state index in [1.807, 2.05) is 12.1 Å². The van der Waals surface area contributed by atoms with E-state index in [1.165, 1.54) is 6.92 Å². The molecule has 0 aliphatic heterocycles. The number of ketones is 1. The highest BCUT2D eigenvalue weighted by atomic mass is 35.5. The minimum absolute atomic E-state index is 0.160. The van der Waals surface area contributed by atoms with Crippen LogP contribution in [0.3, 0.4) is 0 Å². The Morgan fingerprint density at radius 2 is 2.21 bits per heavy atom. The van der Waals surface area contributed by atoms with E-state index in [2.05, 4.69) is 9.97 Å². The van der Waals surface area contributed by atoms with Gasteiger partial charge in [-0.15, -0.1) is 0 Å². The minimum Gasteiger partial charge on any atom is -0.291 e. The summed E-state index contributed by atoms with van der Waals surface area (Å²) in [6.45, 7) is 1.43. The van der Waals surface area contributed by atoms with Crippen molar-refractivity contribution < 1.29 is 4.79 Å². The van der Waals surface area contributed by atoms with E-state index in [9.17, 15) is 4.79 Å². The molecule has 0 bridgehead atoms. The number of nitrogens with zero attached hydrogens (tertiary/aromatic N) is 2. The summed E-state index contributed by atoms with van der Waals surface area (Å²) in [4.78, 5) is 19.0. The molecule has 0 atom stereocenters. The van der Waals surface area contributed by atoms with Gasteiger partial charge in [-0.25, -0.2) is 9.97 Å². The molecule has 0 spiro atoms. The molecule has 14 heavy (non-hydrogen) atoms. The summed E-state index contributed by atoms with van der Waals surface area (Å²) in [6.07, 6.45) is 1.60. The molecule has 70 valence electrons. The SMILES string of the molecule is CC(=O)c1ncc2cccc(Cl)c2n1. The number of Topliss-reactive ketones (excluding diaryl/α,β-unsaturated/α-hetero) is 1. The van der Waals surface area contributed by atoms with Crippen LogP contribution in [0.5, 0.6) is 0 Å². The fourth-order valence-electron chi connectivity index (χ4n) is 1.19. The van der Waals surface area contributed by atoms with Gasteiger partial charge < -0.3 is 0 Å². The topological polar surface area (TPSA) is 42.9 Å². The summed E-state index contributed by atoms with van der Waals surface area (Å²) in [5.74, 6) is 0.0393. The quantitative estimate of drug-likeness (QED) is 0.674. The first kappa shape index (κ1) is 9.09. The van der Waals surface area contributed by atoms with Crippen LogP contribution < -0.4 is 0 Å². The summed E-state index contributed by atoms with van der Waals surface area (Å²) in [7, 11) is 0. The second kappa shape index (κ2) is 3.35. The normalized spacial score (nSPS) is 10.4. The Morgan fingerprint density at radius 1 is 1.43 bits per heavy atom. The molecule has 1 heterocycles. The molecule has 0 saturated carbocycles. The van der Waals surface area contributed by atoms with Crippen LogP contribution in [0.1, 0.15) is 17.5 Å². The van der Waals surface area contributed by atoms with Gasteiger partial charge in [0.15, 0.2) is 11.6 Å². The number of fused-ring (bicyclic) bond motifs is 1. The van der Waals surface area contributed by atoms with Crippen LogP contribution in [-0.2, 0) is 0 Å². The van der Waals surface area contributed by atoms with Crippen molar-refractivity contribution >= 4 is 28.3 Å². The molecule has 1 aromatic carbocycles. The highest BCUT2D eigenvalue weighted by Crippen LogP contribution is 2.20. The predicted molar refractivity (Wildman–Crippen MR) is 54.6 cm³/mol. The maximum atomic E-state index is 11.0. The number of halogens is 1. The lowest BCUT2D eigenvalue weighted by molar-refractivity contribution is 0.100. The number of hydrogen-bond acceptors (Lipinski definition) is 3. The molecule has 0 amide bonds. The van der Waals surface area contributed by atoms with Crippen LogP contribution in [0, 0.1) is 0 Å². The Balaban J connectivity index is 2.76. The van der Waals surface area contributed by atoms with Gasteiger partial charge in [0.1, 0.15) is 0 Å². The van der Waals surface area contributed by atoms with Crippen molar-refractivity contribution in [2.75, 3.05) is 0 Å². The van der Waals surface area contributed by atoms with Crippen molar-refractivity contribution in [2.24, 2.45) is 0 Å². The van der Waals surface area contributed by atoms with E-state index < -0.39 is 0 Å². The van der Waals surface area contributed by atoms with E-state index in [4.69, 9.17) is 11.6 Å². The Morgan fingerprint density at radius 3 is 2.93 bits per heavy atom. The van der Waals surface area contributed by atoms with Gasteiger partial charge in [0.25, 0.3) is 0 Å². The molecule has 0 radical (unpaired) electrons. The van der Waals surface area contributed by atoms with Crippen LogP contribution >= 0.6 is 11.6 Å². The Bertz CT molecular complexity index is 510. The molecule has 2 aromatic rings. The van der Waals surface area contributed by atoms with E-state index in [0.29, 0.717) is 10.5 Å². The molecule has 4 heteroatoms. The van der Waals surface area contributed by atoms with Gasteiger partial charge in [0.2, 0.25) is 0 Å². The molecule has 0 fully saturated rings. The second-order valence-electron chi connectivity index (χ2n) is 2.93. The Hall–Kier alpha value is -1.48. The van der Waals surface area contributed by atoms with E-state index in [-0.39, 0.29) is 11.6 Å². The first-order valence-corrected chi connectivity index (χ1v) is 4.48. The van der Waals surface area contributed by atoms with Gasteiger partial charge in [-0.05, 0) is 6.07 Å². The zero-order valence-electron chi connectivity index (χ0n) is 7.49. The largest absolute Gasteiger partial charge is 0.291 e. The average Bonchev–Trinajstić information content (AvgIpc) is 2.18. The third-order valence-corrected chi connectivity index (χ3v) is 2.18. The van der Waals surface area contributed by atoms with Gasteiger partial charge in [0.05, 0.1) is 10.5 Å². The molecule has 0 aliphatic carbocycles. The molecule has 0 aliphatic rings. The third-order valence-electron chi connectivity index (χ3n) is 1.88. The van der Waals surface area contributed by atoms with Crippen LogP contribution in [0.2, 0.25) is 5.02 Å². The van der Waals surface area contributed by atoms with Crippen molar-refractivity contribution in [3.8, 4) is 0 Å². The summed E-state index contributed by atoms with van der Waals surface area (Å²) >= 11 is 5.93. The standard InChI is InChI=1S/C10H7ClN2O/c1-6(14)10-12-5-7-3-2-4-8(11)9(7)13-10/h2-5H,1H3. The molecular weight excluding hydrogens is 200 g/mol. The third kappa shape index (κ3) is 1.46. The number of carbonyl (C=O) groups is 1. The van der Waals surface area contributed by atoms with Gasteiger partial charge in [0, 0.05) is 18.5 Å². The fourth-order valence-corrected chi connectivity index (χ4v) is 1.41. The van der Waals surface area contributed by atoms with Crippen molar-refractivity contribution in [3.05, 3.63) is 35.2 Å². The number of rotatable bonds is 1. The smallest absolute Gasteiger partial charge is 0.196 e. The lowest BCUT2D eigenvalue weighted by Crippen LogP contribution is -2.00. The lowest BCUT2D eigenvalue weighted by atomic mass is 10.2. The zero-order chi connectivity index (χ0) is 10.1. The summed E-state index contributed by atoms with van der Waals surface area (Å²) < 4.78 is 0. The Labute approximate surface area is 85.7 Å². The number of aromatic nitrogens is 2. The van der Waals surface area contributed by atoms with Crippen molar-refractivity contribution in [3.63, 3.8) is 0 Å². The molecule has 1 aromatic heterocycles. The van der Waals surface area contributed by atoms with Crippen LogP contribution in [-0.4, -0.2) is 15.8 Å². The fraction of sp³-hybridized carbons (Fsp3) is 0.100. The average molecular weight is 207 g/mol. The predicted octanol–water partition coefficient (Wildman–Crippen LogP) is 2.49. The van der Waals surface area contributed by atoms with E-state index in [0.717, 1.165) is 5.39 Å². The summed E-state index contributed by atoms with van der Waals surface area (Å²) in [5.41, 5.74) is 0.620. The number of hydrogen-bond donors (Lipinski definition) is 0. The number of benzene rings is 1. The summed E-state index contributed by atoms with van der Waals surface area (Å²) in [5, 5.41) is 1.37. The first-order valence-electron chi connectivity index (χ1n) is 4.10. The van der Waals surface area contributed by atoms with Crippen LogP contribution in [0.25, 0.3) is 10.9 Å². The first-order chi connectivity index (χ1) is 6.68. The van der Waals surface area contributed by atoms with Crippen LogP contribution in [0.4, 0.5) is 0 Å². The second-order valence-corrected chi connectivity index (χ2v) is 3.33. The minimum atomic E-state index is -0.160. The van der Waals surface area contributed by atoms with Crippen LogP contribution in [0.15, 0.2) is 24.4 Å². The maximum absolute atomic E-state index is 11.0. The lowest BCUT2D eigenvalue weighted by Gasteiger charge is -1.99. The molecule has 3 nitrogen and oxygen atoms in total. The summed E-state index contributed by atoms with van der Waals surface area (Å²) in [6, 6.07) is 5.41. The number of para-hydroxylation sites is 1. The molecule has 0 N–H and O–H groups in total. The highest BCUT2D eigenvalue weighted by Gasteiger charge is 2.06. The monoisotopic (exact) mass is 206 g/mol. The number of carbonyl (C=O) groups excluding carboxylic acids is 1. The van der Waals surface area contributed by atoms with Crippen molar-refractivity contribution in [2.45, 2.75) is 6.92 Å². The highest BCUT2D eigenvalue weighted by molar-refractivity contribution is 6.35. The molecule has 0 saturated heterocycles. The molecular formula is C10H7ClN2O. The van der Waals surface area contributed by atoms with Crippen molar-refractivity contribution in [1.82, 2.24) is 9.97 Å². The van der Waals surface area contributed by atoms with Gasteiger partial charge in [-0.3, -0.25) is 4.79 Å². The van der Waals surface area contributed by atoms with Gasteiger partial charge >= 0.3 is 0 Å². The maximum Gasteiger partial charge on any atom is 0.196 e. The molecule has 2 rings (SSSR count). The van der Waals surface area contributed by atoms with Gasteiger partial charge in [-0.2, -0.15) is 0 Å². The van der Waals surface area contributed by atoms with Gasteiger partial charge in [-0.1, -0.05) is 23.7 Å². The zero-order valence-corrected chi connectivity index (χ0v) is 8.25. The van der Waals surface area contributed by atoms with Crippen molar-refractivity contribution in [1.29, 1.82) is 0 Å². The van der Waals surface area contributed by atoms with E-state index >= 15 is 0 Å². The molecule has 0 unspecified atom stereocenters.